The van der Waals surface area contributed by atoms with Crippen LogP contribution in [0.2, 0.25) is 0 Å². The van der Waals surface area contributed by atoms with Crippen molar-refractivity contribution >= 4 is 11.5 Å². The summed E-state index contributed by atoms with van der Waals surface area (Å²) < 4.78 is 0. The summed E-state index contributed by atoms with van der Waals surface area (Å²) >= 11 is 0. The number of rotatable bonds is 2. The van der Waals surface area contributed by atoms with E-state index in [-0.39, 0.29) is 0 Å². The standard InChI is InChI=1S/C16H27N3/c1-11-6-7-13(17)14(18-11)19-12-8-15(2,3)10-16(4,5)9-12/h6-7,12H,8-10,17H2,1-5H3,(H,18,19). The van der Waals surface area contributed by atoms with Crippen molar-refractivity contribution in [3.8, 4) is 0 Å². The Morgan fingerprint density at radius 1 is 1.16 bits per heavy atom. The quantitative estimate of drug-likeness (QED) is 0.846. The average Bonchev–Trinajstić information content (AvgIpc) is 2.18. The van der Waals surface area contributed by atoms with Crippen LogP contribution in [0.3, 0.4) is 0 Å². The Bertz CT molecular complexity index is 447. The first-order chi connectivity index (χ1) is 8.67. The van der Waals surface area contributed by atoms with Gasteiger partial charge < -0.3 is 11.1 Å². The second-order valence-electron chi connectivity index (χ2n) is 7.65. The minimum Gasteiger partial charge on any atom is -0.396 e. The fraction of sp³-hybridized carbons (Fsp3) is 0.688. The van der Waals surface area contributed by atoms with Crippen LogP contribution in [0.4, 0.5) is 11.5 Å². The van der Waals surface area contributed by atoms with E-state index in [9.17, 15) is 0 Å². The highest BCUT2D eigenvalue weighted by molar-refractivity contribution is 5.61. The van der Waals surface area contributed by atoms with Gasteiger partial charge in [-0.25, -0.2) is 4.98 Å². The molecule has 0 bridgehead atoms. The maximum atomic E-state index is 6.02. The summed E-state index contributed by atoms with van der Waals surface area (Å²) in [5.74, 6) is 0.846. The first-order valence-electron chi connectivity index (χ1n) is 7.17. The van der Waals surface area contributed by atoms with Crippen LogP contribution >= 0.6 is 0 Å². The Morgan fingerprint density at radius 2 is 1.74 bits per heavy atom. The van der Waals surface area contributed by atoms with E-state index in [1.54, 1.807) is 0 Å². The molecule has 0 aliphatic heterocycles. The van der Waals surface area contributed by atoms with E-state index in [4.69, 9.17) is 5.73 Å². The minimum absolute atomic E-state index is 0.373. The van der Waals surface area contributed by atoms with Gasteiger partial charge in [0.2, 0.25) is 0 Å². The zero-order valence-corrected chi connectivity index (χ0v) is 12.9. The van der Waals surface area contributed by atoms with Crippen molar-refractivity contribution in [3.63, 3.8) is 0 Å². The molecule has 3 heteroatoms. The molecular weight excluding hydrogens is 234 g/mol. The Morgan fingerprint density at radius 3 is 2.32 bits per heavy atom. The van der Waals surface area contributed by atoms with E-state index in [2.05, 4.69) is 38.0 Å². The number of nitrogens with zero attached hydrogens (tertiary/aromatic N) is 1. The largest absolute Gasteiger partial charge is 0.396 e. The van der Waals surface area contributed by atoms with Crippen LogP contribution in [0.25, 0.3) is 0 Å². The van der Waals surface area contributed by atoms with Crippen LogP contribution in [0, 0.1) is 17.8 Å². The lowest BCUT2D eigenvalue weighted by Gasteiger charge is -2.45. The monoisotopic (exact) mass is 261 g/mol. The van der Waals surface area contributed by atoms with Gasteiger partial charge in [0.15, 0.2) is 0 Å². The SMILES string of the molecule is Cc1ccc(N)c(NC2CC(C)(C)CC(C)(C)C2)n1. The Labute approximate surface area is 117 Å². The van der Waals surface area contributed by atoms with Crippen LogP contribution in [0.1, 0.15) is 52.7 Å². The molecule has 1 saturated carbocycles. The van der Waals surface area contributed by atoms with Crippen molar-refractivity contribution in [1.82, 2.24) is 4.98 Å². The maximum absolute atomic E-state index is 6.02. The minimum atomic E-state index is 0.373. The lowest BCUT2D eigenvalue weighted by Crippen LogP contribution is -2.40. The van der Waals surface area contributed by atoms with Gasteiger partial charge in [0.25, 0.3) is 0 Å². The summed E-state index contributed by atoms with van der Waals surface area (Å²) in [5.41, 5.74) is 8.51. The van der Waals surface area contributed by atoms with Crippen molar-refractivity contribution in [2.75, 3.05) is 11.1 Å². The second-order valence-corrected chi connectivity index (χ2v) is 7.65. The number of aryl methyl sites for hydroxylation is 1. The van der Waals surface area contributed by atoms with Crippen LogP contribution in [0.15, 0.2) is 12.1 Å². The summed E-state index contributed by atoms with van der Waals surface area (Å²) in [6, 6.07) is 4.34. The topological polar surface area (TPSA) is 50.9 Å². The Balaban J connectivity index is 2.16. The third-order valence-corrected chi connectivity index (χ3v) is 3.96. The number of hydrogen-bond acceptors (Lipinski definition) is 3. The third kappa shape index (κ3) is 3.62. The zero-order chi connectivity index (χ0) is 14.3. The van der Waals surface area contributed by atoms with Crippen LogP contribution in [-0.4, -0.2) is 11.0 Å². The van der Waals surface area contributed by atoms with Crippen LogP contribution < -0.4 is 11.1 Å². The number of anilines is 2. The first-order valence-corrected chi connectivity index (χ1v) is 7.17. The van der Waals surface area contributed by atoms with Gasteiger partial charge in [-0.15, -0.1) is 0 Å². The summed E-state index contributed by atoms with van der Waals surface area (Å²) in [7, 11) is 0. The van der Waals surface area contributed by atoms with E-state index in [1.165, 1.54) is 19.3 Å². The predicted octanol–water partition coefficient (Wildman–Crippen LogP) is 3.99. The molecule has 0 amide bonds. The Kier molecular flexibility index (Phi) is 3.50. The van der Waals surface area contributed by atoms with Gasteiger partial charge in [-0.05, 0) is 49.1 Å². The van der Waals surface area contributed by atoms with Crippen molar-refractivity contribution in [2.24, 2.45) is 10.8 Å². The molecular formula is C16H27N3. The van der Waals surface area contributed by atoms with Crippen molar-refractivity contribution in [1.29, 1.82) is 0 Å². The van der Waals surface area contributed by atoms with E-state index in [0.29, 0.717) is 16.9 Å². The highest BCUT2D eigenvalue weighted by atomic mass is 15.0. The molecule has 3 N–H and O–H groups in total. The molecule has 0 atom stereocenters. The highest BCUT2D eigenvalue weighted by Crippen LogP contribution is 2.46. The average molecular weight is 261 g/mol. The molecule has 1 aromatic heterocycles. The number of nitrogen functional groups attached to an aromatic ring is 1. The van der Waals surface area contributed by atoms with Gasteiger partial charge in [-0.2, -0.15) is 0 Å². The molecule has 0 aromatic carbocycles. The highest BCUT2D eigenvalue weighted by Gasteiger charge is 2.38. The van der Waals surface area contributed by atoms with Gasteiger partial charge in [-0.3, -0.25) is 0 Å². The lowest BCUT2D eigenvalue weighted by molar-refractivity contribution is 0.105. The lowest BCUT2D eigenvalue weighted by atomic mass is 9.63. The number of pyridine rings is 1. The van der Waals surface area contributed by atoms with Gasteiger partial charge >= 0.3 is 0 Å². The second kappa shape index (κ2) is 4.69. The predicted molar refractivity (Wildman–Crippen MR) is 82.2 cm³/mol. The summed E-state index contributed by atoms with van der Waals surface area (Å²) in [6.45, 7) is 11.4. The number of aromatic nitrogens is 1. The summed E-state index contributed by atoms with van der Waals surface area (Å²) in [6.07, 6.45) is 3.62. The van der Waals surface area contributed by atoms with Gasteiger partial charge in [0.1, 0.15) is 5.82 Å². The third-order valence-electron chi connectivity index (χ3n) is 3.96. The van der Waals surface area contributed by atoms with Crippen molar-refractivity contribution in [3.05, 3.63) is 17.8 Å². The van der Waals surface area contributed by atoms with E-state index in [1.807, 2.05) is 19.1 Å². The smallest absolute Gasteiger partial charge is 0.149 e. The van der Waals surface area contributed by atoms with Gasteiger partial charge in [0, 0.05) is 11.7 Å². The number of nitrogens with two attached hydrogens (primary N) is 1. The molecule has 1 aliphatic carbocycles. The van der Waals surface area contributed by atoms with Crippen molar-refractivity contribution in [2.45, 2.75) is 59.9 Å². The van der Waals surface area contributed by atoms with Gasteiger partial charge in [0.05, 0.1) is 5.69 Å². The first kappa shape index (κ1) is 14.2. The molecule has 0 radical (unpaired) electrons. The number of nitrogens with one attached hydrogen (secondary N) is 1. The maximum Gasteiger partial charge on any atom is 0.149 e. The molecule has 1 aliphatic rings. The molecule has 2 rings (SSSR count). The molecule has 0 saturated heterocycles. The Hall–Kier alpha value is -1.25. The molecule has 106 valence electrons. The molecule has 1 fully saturated rings. The molecule has 0 spiro atoms. The molecule has 1 aromatic rings. The molecule has 19 heavy (non-hydrogen) atoms. The number of hydrogen-bond donors (Lipinski definition) is 2. The summed E-state index contributed by atoms with van der Waals surface area (Å²) in [5, 5.41) is 3.57. The molecule has 0 unspecified atom stereocenters. The normalized spacial score (nSPS) is 22.2. The molecule has 1 heterocycles. The van der Waals surface area contributed by atoms with Crippen molar-refractivity contribution < 1.29 is 0 Å². The fourth-order valence-electron chi connectivity index (χ4n) is 3.82. The fourth-order valence-corrected chi connectivity index (χ4v) is 3.82. The molecule has 3 nitrogen and oxygen atoms in total. The van der Waals surface area contributed by atoms with E-state index < -0.39 is 0 Å². The van der Waals surface area contributed by atoms with Crippen LogP contribution in [0.5, 0.6) is 0 Å². The van der Waals surface area contributed by atoms with E-state index in [0.717, 1.165) is 17.2 Å². The van der Waals surface area contributed by atoms with Crippen LogP contribution in [-0.2, 0) is 0 Å². The van der Waals surface area contributed by atoms with E-state index >= 15 is 0 Å². The van der Waals surface area contributed by atoms with Gasteiger partial charge in [-0.1, -0.05) is 27.7 Å². The zero-order valence-electron chi connectivity index (χ0n) is 12.9. The summed E-state index contributed by atoms with van der Waals surface area (Å²) in [4.78, 5) is 4.53.